The highest BCUT2D eigenvalue weighted by Gasteiger charge is 2.25. The molecule has 5 heteroatoms. The molecule has 4 rings (SSSR count). The van der Waals surface area contributed by atoms with Gasteiger partial charge in [0.25, 0.3) is 5.91 Å². The second-order valence-corrected chi connectivity index (χ2v) is 7.32. The van der Waals surface area contributed by atoms with Gasteiger partial charge in [0.15, 0.2) is 0 Å². The largest absolute Gasteiger partial charge is 0.339 e. The summed E-state index contributed by atoms with van der Waals surface area (Å²) in [6, 6.07) is 12.2. The Morgan fingerprint density at radius 2 is 1.63 bits per heavy atom. The SMILES string of the molecule is O=C(Cc1cccc(F)c1)N1CCN(C(=O)c2ccc3c(c2)CCC3)CC1. The molecular formula is C22H23FN2O2. The van der Waals surface area contributed by atoms with Crippen LogP contribution in [0.2, 0.25) is 0 Å². The van der Waals surface area contributed by atoms with Gasteiger partial charge in [-0.05, 0) is 60.2 Å². The molecule has 1 fully saturated rings. The lowest BCUT2D eigenvalue weighted by Gasteiger charge is -2.35. The zero-order chi connectivity index (χ0) is 18.8. The fraction of sp³-hybridized carbons (Fsp3) is 0.364. The topological polar surface area (TPSA) is 40.6 Å². The van der Waals surface area contributed by atoms with Crippen LogP contribution >= 0.6 is 0 Å². The molecule has 2 amide bonds. The molecule has 2 aliphatic rings. The number of benzene rings is 2. The molecule has 0 spiro atoms. The second-order valence-electron chi connectivity index (χ2n) is 7.32. The van der Waals surface area contributed by atoms with Crippen LogP contribution in [0.25, 0.3) is 0 Å². The summed E-state index contributed by atoms with van der Waals surface area (Å²) in [5.41, 5.74) is 4.08. The summed E-state index contributed by atoms with van der Waals surface area (Å²) in [5, 5.41) is 0. The summed E-state index contributed by atoms with van der Waals surface area (Å²) in [7, 11) is 0. The van der Waals surface area contributed by atoms with E-state index in [2.05, 4.69) is 6.07 Å². The number of nitrogens with zero attached hydrogens (tertiary/aromatic N) is 2. The second kappa shape index (κ2) is 7.51. The van der Waals surface area contributed by atoms with Crippen molar-refractivity contribution in [2.75, 3.05) is 26.2 Å². The van der Waals surface area contributed by atoms with Gasteiger partial charge in [0.1, 0.15) is 5.82 Å². The Kier molecular flexibility index (Phi) is 4.92. The minimum atomic E-state index is -0.329. The highest BCUT2D eigenvalue weighted by Crippen LogP contribution is 2.23. The summed E-state index contributed by atoms with van der Waals surface area (Å²) in [4.78, 5) is 28.8. The number of hydrogen-bond acceptors (Lipinski definition) is 2. The first-order chi connectivity index (χ1) is 13.1. The van der Waals surface area contributed by atoms with Gasteiger partial charge in [0.05, 0.1) is 6.42 Å². The lowest BCUT2D eigenvalue weighted by atomic mass is 10.1. The maximum Gasteiger partial charge on any atom is 0.253 e. The van der Waals surface area contributed by atoms with Crippen molar-refractivity contribution in [1.82, 2.24) is 9.80 Å². The van der Waals surface area contributed by atoms with Gasteiger partial charge >= 0.3 is 0 Å². The summed E-state index contributed by atoms with van der Waals surface area (Å²) < 4.78 is 13.3. The quantitative estimate of drug-likeness (QED) is 0.838. The minimum Gasteiger partial charge on any atom is -0.339 e. The summed E-state index contributed by atoms with van der Waals surface area (Å²) in [5.74, 6) is -0.308. The Morgan fingerprint density at radius 1 is 0.889 bits per heavy atom. The number of piperazine rings is 1. The molecule has 1 aliphatic heterocycles. The highest BCUT2D eigenvalue weighted by atomic mass is 19.1. The Hall–Kier alpha value is -2.69. The summed E-state index contributed by atoms with van der Waals surface area (Å²) >= 11 is 0. The fourth-order valence-corrected chi connectivity index (χ4v) is 3.98. The van der Waals surface area contributed by atoms with Crippen molar-refractivity contribution >= 4 is 11.8 Å². The first-order valence-corrected chi connectivity index (χ1v) is 9.53. The van der Waals surface area contributed by atoms with E-state index in [0.717, 1.165) is 18.4 Å². The minimum absolute atomic E-state index is 0.0229. The lowest BCUT2D eigenvalue weighted by molar-refractivity contribution is -0.131. The van der Waals surface area contributed by atoms with Crippen LogP contribution in [-0.2, 0) is 24.1 Å². The molecule has 0 unspecified atom stereocenters. The first-order valence-electron chi connectivity index (χ1n) is 9.53. The normalized spacial score (nSPS) is 16.3. The van der Waals surface area contributed by atoms with E-state index in [1.165, 1.54) is 29.7 Å². The molecular weight excluding hydrogens is 343 g/mol. The Labute approximate surface area is 158 Å². The van der Waals surface area contributed by atoms with Crippen molar-refractivity contribution in [2.45, 2.75) is 25.7 Å². The van der Waals surface area contributed by atoms with Crippen LogP contribution in [0, 0.1) is 5.82 Å². The van der Waals surface area contributed by atoms with Gasteiger partial charge in [0, 0.05) is 31.7 Å². The Bertz CT molecular complexity index is 872. The number of fused-ring (bicyclic) bond motifs is 1. The predicted molar refractivity (Wildman–Crippen MR) is 101 cm³/mol. The zero-order valence-electron chi connectivity index (χ0n) is 15.3. The molecule has 0 aromatic heterocycles. The van der Waals surface area contributed by atoms with Crippen LogP contribution in [0.1, 0.15) is 33.5 Å². The van der Waals surface area contributed by atoms with Crippen molar-refractivity contribution in [3.63, 3.8) is 0 Å². The molecule has 0 saturated carbocycles. The molecule has 1 aliphatic carbocycles. The van der Waals surface area contributed by atoms with Crippen LogP contribution in [0.3, 0.4) is 0 Å². The van der Waals surface area contributed by atoms with Crippen molar-refractivity contribution in [3.05, 3.63) is 70.5 Å². The van der Waals surface area contributed by atoms with Crippen LogP contribution in [0.4, 0.5) is 4.39 Å². The van der Waals surface area contributed by atoms with Gasteiger partial charge in [-0.15, -0.1) is 0 Å². The Balaban J connectivity index is 1.34. The van der Waals surface area contributed by atoms with Crippen molar-refractivity contribution in [2.24, 2.45) is 0 Å². The maximum absolute atomic E-state index is 13.3. The average molecular weight is 366 g/mol. The van der Waals surface area contributed by atoms with Crippen molar-refractivity contribution < 1.29 is 14.0 Å². The van der Waals surface area contributed by atoms with Gasteiger partial charge in [-0.25, -0.2) is 4.39 Å². The Morgan fingerprint density at radius 3 is 2.41 bits per heavy atom. The van der Waals surface area contributed by atoms with Crippen LogP contribution in [0.15, 0.2) is 42.5 Å². The van der Waals surface area contributed by atoms with Crippen molar-refractivity contribution in [1.29, 1.82) is 0 Å². The van der Waals surface area contributed by atoms with E-state index in [0.29, 0.717) is 31.7 Å². The monoisotopic (exact) mass is 366 g/mol. The molecule has 0 atom stereocenters. The maximum atomic E-state index is 13.3. The van der Waals surface area contributed by atoms with E-state index in [4.69, 9.17) is 0 Å². The first kappa shape index (κ1) is 17.7. The molecule has 140 valence electrons. The number of carbonyl (C=O) groups is 2. The molecule has 1 heterocycles. The molecule has 0 radical (unpaired) electrons. The molecule has 27 heavy (non-hydrogen) atoms. The standard InChI is InChI=1S/C22H23FN2O2/c23-20-6-1-3-16(13-20)14-21(26)24-9-11-25(12-10-24)22(27)19-8-7-17-4-2-5-18(17)15-19/h1,3,6-8,13,15H,2,4-5,9-12,14H2. The number of amides is 2. The van der Waals surface area contributed by atoms with Gasteiger partial charge in [-0.3, -0.25) is 9.59 Å². The van der Waals surface area contributed by atoms with Crippen LogP contribution in [-0.4, -0.2) is 47.8 Å². The smallest absolute Gasteiger partial charge is 0.253 e. The van der Waals surface area contributed by atoms with Gasteiger partial charge in [0.2, 0.25) is 5.91 Å². The van der Waals surface area contributed by atoms with Crippen LogP contribution < -0.4 is 0 Å². The summed E-state index contributed by atoms with van der Waals surface area (Å²) in [6.07, 6.45) is 3.52. The number of halogens is 1. The average Bonchev–Trinajstić information content (AvgIpc) is 3.15. The molecule has 0 N–H and O–H groups in total. The molecule has 1 saturated heterocycles. The third kappa shape index (κ3) is 3.87. The van der Waals surface area contributed by atoms with Gasteiger partial charge < -0.3 is 9.80 Å². The molecule has 0 bridgehead atoms. The number of rotatable bonds is 3. The third-order valence-corrected chi connectivity index (χ3v) is 5.51. The molecule has 2 aromatic carbocycles. The summed E-state index contributed by atoms with van der Waals surface area (Å²) in [6.45, 7) is 2.10. The predicted octanol–water partition coefficient (Wildman–Crippen LogP) is 2.84. The molecule has 4 nitrogen and oxygen atoms in total. The van der Waals surface area contributed by atoms with Gasteiger partial charge in [-0.1, -0.05) is 18.2 Å². The van der Waals surface area contributed by atoms with E-state index in [1.807, 2.05) is 17.0 Å². The van der Waals surface area contributed by atoms with Crippen molar-refractivity contribution in [3.8, 4) is 0 Å². The number of aryl methyl sites for hydroxylation is 2. The van der Waals surface area contributed by atoms with Gasteiger partial charge in [-0.2, -0.15) is 0 Å². The van der Waals surface area contributed by atoms with E-state index < -0.39 is 0 Å². The van der Waals surface area contributed by atoms with E-state index in [9.17, 15) is 14.0 Å². The van der Waals surface area contributed by atoms with E-state index in [-0.39, 0.29) is 24.1 Å². The highest BCUT2D eigenvalue weighted by molar-refractivity contribution is 5.94. The third-order valence-electron chi connectivity index (χ3n) is 5.51. The molecule has 2 aromatic rings. The lowest BCUT2D eigenvalue weighted by Crippen LogP contribution is -2.51. The zero-order valence-corrected chi connectivity index (χ0v) is 15.3. The van der Waals surface area contributed by atoms with E-state index >= 15 is 0 Å². The fourth-order valence-electron chi connectivity index (χ4n) is 3.98. The van der Waals surface area contributed by atoms with E-state index in [1.54, 1.807) is 17.0 Å². The number of carbonyl (C=O) groups excluding carboxylic acids is 2. The van der Waals surface area contributed by atoms with Crippen LogP contribution in [0.5, 0.6) is 0 Å². The number of hydrogen-bond donors (Lipinski definition) is 0.